The lowest BCUT2D eigenvalue weighted by molar-refractivity contribution is 0.524. The van der Waals surface area contributed by atoms with Gasteiger partial charge in [-0.25, -0.2) is 0 Å². The number of rotatable bonds is 4. The minimum absolute atomic E-state index is 0.0947. The molecule has 0 saturated heterocycles. The number of nitrogens with two attached hydrogens (primary N) is 1. The minimum Gasteiger partial charge on any atom is -0.271 e. The maximum atomic E-state index is 5.60. The Morgan fingerprint density at radius 3 is 2.78 bits per heavy atom. The second-order valence-corrected chi connectivity index (χ2v) is 3.99. The molecule has 4 nitrogen and oxygen atoms in total. The van der Waals surface area contributed by atoms with E-state index in [4.69, 9.17) is 5.84 Å². The molecule has 92 valence electrons. The molecule has 1 heterocycles. The zero-order valence-corrected chi connectivity index (χ0v) is 10.4. The van der Waals surface area contributed by atoms with E-state index in [1.54, 1.807) is 12.4 Å². The summed E-state index contributed by atoms with van der Waals surface area (Å²) < 4.78 is 0. The van der Waals surface area contributed by atoms with Crippen LogP contribution in [0.1, 0.15) is 31.4 Å². The number of hydrogen-bond acceptors (Lipinski definition) is 4. The van der Waals surface area contributed by atoms with Gasteiger partial charge in [0.25, 0.3) is 0 Å². The van der Waals surface area contributed by atoms with Crippen LogP contribution in [0, 0.1) is 11.8 Å². The van der Waals surface area contributed by atoms with Gasteiger partial charge in [0.2, 0.25) is 0 Å². The van der Waals surface area contributed by atoms with Gasteiger partial charge in [-0.3, -0.25) is 21.2 Å². The number of aromatic nitrogens is 2. The molecule has 0 saturated carbocycles. The predicted molar refractivity (Wildman–Crippen MR) is 72.3 cm³/mol. The minimum atomic E-state index is 0.0947. The van der Waals surface area contributed by atoms with Crippen molar-refractivity contribution in [3.63, 3.8) is 0 Å². The highest BCUT2D eigenvalue weighted by atomic mass is 15.2. The van der Waals surface area contributed by atoms with Crippen LogP contribution in [0.4, 0.5) is 0 Å². The molecule has 1 aromatic heterocycles. The van der Waals surface area contributed by atoms with Crippen molar-refractivity contribution < 1.29 is 0 Å². The number of fused-ring (bicyclic) bond motifs is 1. The average molecular weight is 240 g/mol. The van der Waals surface area contributed by atoms with Crippen molar-refractivity contribution in [2.24, 2.45) is 5.84 Å². The largest absolute Gasteiger partial charge is 0.271 e. The average Bonchev–Trinajstić information content (AvgIpc) is 2.43. The molecule has 0 radical (unpaired) electrons. The molecule has 1 aromatic carbocycles. The second-order valence-electron chi connectivity index (χ2n) is 3.99. The van der Waals surface area contributed by atoms with Crippen LogP contribution in [0.5, 0.6) is 0 Å². The molecule has 1 atom stereocenters. The van der Waals surface area contributed by atoms with Crippen molar-refractivity contribution in [3.8, 4) is 11.8 Å². The summed E-state index contributed by atoms with van der Waals surface area (Å²) in [7, 11) is 0. The van der Waals surface area contributed by atoms with Crippen LogP contribution in [0.3, 0.4) is 0 Å². The first kappa shape index (κ1) is 12.5. The fourth-order valence-electron chi connectivity index (χ4n) is 1.88. The van der Waals surface area contributed by atoms with Crippen LogP contribution in [0.15, 0.2) is 30.6 Å². The molecule has 4 heteroatoms. The zero-order chi connectivity index (χ0) is 12.8. The van der Waals surface area contributed by atoms with Gasteiger partial charge >= 0.3 is 0 Å². The van der Waals surface area contributed by atoms with Crippen LogP contribution in [0.2, 0.25) is 0 Å². The van der Waals surface area contributed by atoms with Crippen LogP contribution in [0.25, 0.3) is 11.0 Å². The highest BCUT2D eigenvalue weighted by molar-refractivity contribution is 5.74. The van der Waals surface area contributed by atoms with Crippen LogP contribution in [-0.2, 0) is 0 Å². The molecule has 0 aliphatic heterocycles. The Labute approximate surface area is 107 Å². The maximum absolute atomic E-state index is 5.60. The summed E-state index contributed by atoms with van der Waals surface area (Å²) in [6.45, 7) is 1.84. The molecule has 0 aliphatic carbocycles. The molecule has 1 unspecified atom stereocenters. The maximum Gasteiger partial charge on any atom is 0.0890 e. The first-order valence-corrected chi connectivity index (χ1v) is 5.91. The molecule has 0 amide bonds. The monoisotopic (exact) mass is 240 g/mol. The van der Waals surface area contributed by atoms with Crippen molar-refractivity contribution in [2.45, 2.75) is 25.8 Å². The van der Waals surface area contributed by atoms with E-state index in [0.717, 1.165) is 29.4 Å². The van der Waals surface area contributed by atoms with Gasteiger partial charge in [-0.2, -0.15) is 0 Å². The first-order valence-electron chi connectivity index (χ1n) is 5.91. The Hall–Kier alpha value is -1.96. The van der Waals surface area contributed by atoms with Gasteiger partial charge in [0.05, 0.1) is 11.0 Å². The van der Waals surface area contributed by atoms with E-state index in [2.05, 4.69) is 27.2 Å². The number of nitrogens with zero attached hydrogens (tertiary/aromatic N) is 2. The normalized spacial score (nSPS) is 11.9. The Bertz CT molecular complexity index is 583. The smallest absolute Gasteiger partial charge is 0.0890 e. The summed E-state index contributed by atoms with van der Waals surface area (Å²) in [6, 6.07) is 6.11. The summed E-state index contributed by atoms with van der Waals surface area (Å²) >= 11 is 0. The Morgan fingerprint density at radius 2 is 2.06 bits per heavy atom. The highest BCUT2D eigenvalue weighted by Gasteiger charge is 2.09. The predicted octanol–water partition coefficient (Wildman–Crippen LogP) is 1.94. The summed E-state index contributed by atoms with van der Waals surface area (Å²) in [5, 5.41) is 0. The van der Waals surface area contributed by atoms with E-state index >= 15 is 0 Å². The van der Waals surface area contributed by atoms with E-state index in [1.165, 1.54) is 0 Å². The van der Waals surface area contributed by atoms with E-state index < -0.39 is 0 Å². The van der Waals surface area contributed by atoms with Crippen molar-refractivity contribution in [1.82, 2.24) is 15.4 Å². The quantitative estimate of drug-likeness (QED) is 0.487. The topological polar surface area (TPSA) is 63.8 Å². The van der Waals surface area contributed by atoms with Gasteiger partial charge in [-0.05, 0) is 31.0 Å². The molecule has 0 fully saturated rings. The molecule has 2 aromatic rings. The van der Waals surface area contributed by atoms with E-state index in [1.807, 2.05) is 25.1 Å². The third-order valence-electron chi connectivity index (χ3n) is 2.83. The summed E-state index contributed by atoms with van der Waals surface area (Å²) in [5.41, 5.74) is 5.72. The molecule has 0 bridgehead atoms. The molecule has 2 rings (SSSR count). The van der Waals surface area contributed by atoms with Gasteiger partial charge in [-0.15, -0.1) is 11.8 Å². The number of hydrogen-bond donors (Lipinski definition) is 2. The molecular weight excluding hydrogens is 224 g/mol. The van der Waals surface area contributed by atoms with Crippen molar-refractivity contribution in [2.75, 3.05) is 0 Å². The van der Waals surface area contributed by atoms with Gasteiger partial charge in [0.15, 0.2) is 0 Å². The van der Waals surface area contributed by atoms with Crippen molar-refractivity contribution in [1.29, 1.82) is 0 Å². The molecule has 0 aliphatic rings. The number of hydrazine groups is 1. The van der Waals surface area contributed by atoms with Gasteiger partial charge < -0.3 is 0 Å². The Kier molecular flexibility index (Phi) is 4.24. The molecular formula is C14H16N4. The Balaban J connectivity index is 2.23. The van der Waals surface area contributed by atoms with Crippen LogP contribution < -0.4 is 11.3 Å². The second kappa shape index (κ2) is 6.10. The first-order chi connectivity index (χ1) is 8.85. The summed E-state index contributed by atoms with van der Waals surface area (Å²) in [4.78, 5) is 8.54. The Morgan fingerprint density at radius 1 is 1.28 bits per heavy atom. The lowest BCUT2D eigenvalue weighted by Crippen LogP contribution is -2.27. The zero-order valence-electron chi connectivity index (χ0n) is 10.4. The van der Waals surface area contributed by atoms with Gasteiger partial charge in [0, 0.05) is 24.9 Å². The highest BCUT2D eigenvalue weighted by Crippen LogP contribution is 2.20. The third kappa shape index (κ3) is 2.83. The van der Waals surface area contributed by atoms with Crippen molar-refractivity contribution >= 4 is 11.0 Å². The SMILES string of the molecule is CC#CCCC(NN)c1ccc2nccnc2c1. The van der Waals surface area contributed by atoms with Gasteiger partial charge in [-0.1, -0.05) is 6.07 Å². The fraction of sp³-hybridized carbons (Fsp3) is 0.286. The summed E-state index contributed by atoms with van der Waals surface area (Å²) in [5.74, 6) is 11.5. The van der Waals surface area contributed by atoms with E-state index in [-0.39, 0.29) is 6.04 Å². The van der Waals surface area contributed by atoms with Crippen LogP contribution in [-0.4, -0.2) is 9.97 Å². The van der Waals surface area contributed by atoms with E-state index in [0.29, 0.717) is 0 Å². The lowest BCUT2D eigenvalue weighted by Gasteiger charge is -2.15. The summed E-state index contributed by atoms with van der Waals surface area (Å²) in [6.07, 6.45) is 5.09. The third-order valence-corrected chi connectivity index (χ3v) is 2.83. The number of benzene rings is 1. The molecule has 18 heavy (non-hydrogen) atoms. The standard InChI is InChI=1S/C14H16N4/c1-2-3-4-5-12(18-15)11-6-7-13-14(10-11)17-9-8-16-13/h6-10,12,18H,4-5,15H2,1H3. The fourth-order valence-corrected chi connectivity index (χ4v) is 1.88. The van der Waals surface area contributed by atoms with Crippen molar-refractivity contribution in [3.05, 3.63) is 36.2 Å². The molecule has 0 spiro atoms. The van der Waals surface area contributed by atoms with Crippen LogP contribution >= 0.6 is 0 Å². The number of nitrogens with one attached hydrogen (secondary N) is 1. The lowest BCUT2D eigenvalue weighted by atomic mass is 10.0. The molecule has 3 N–H and O–H groups in total. The van der Waals surface area contributed by atoms with E-state index in [9.17, 15) is 0 Å². The van der Waals surface area contributed by atoms with Gasteiger partial charge in [0.1, 0.15) is 0 Å².